The highest BCUT2D eigenvalue weighted by Gasteiger charge is 2.41. The van der Waals surface area contributed by atoms with Crippen LogP contribution in [0.1, 0.15) is 56.7 Å². The van der Waals surface area contributed by atoms with Gasteiger partial charge in [-0.05, 0) is 55.2 Å². The first-order chi connectivity index (χ1) is 17.6. The molecule has 0 amide bonds. The summed E-state index contributed by atoms with van der Waals surface area (Å²) < 4.78 is 4.69. The summed E-state index contributed by atoms with van der Waals surface area (Å²) in [7, 11) is 2.18. The zero-order valence-corrected chi connectivity index (χ0v) is 20.8. The number of aromatic nitrogens is 1. The van der Waals surface area contributed by atoms with Crippen LogP contribution < -0.4 is 21.7 Å². The lowest BCUT2D eigenvalue weighted by Gasteiger charge is -2.27. The lowest BCUT2D eigenvalue weighted by molar-refractivity contribution is -0.508. The largest absolute Gasteiger partial charge is 0.553 e. The fraction of sp³-hybridized carbons (Fsp3) is 0.370. The zero-order valence-electron chi connectivity index (χ0n) is 20.8. The fourth-order valence-electron chi connectivity index (χ4n) is 5.48. The van der Waals surface area contributed by atoms with Gasteiger partial charge in [0, 0.05) is 29.2 Å². The first kappa shape index (κ1) is 23.0. The Morgan fingerprint density at radius 1 is 1.08 bits per heavy atom. The van der Waals surface area contributed by atoms with E-state index in [0.29, 0.717) is 0 Å². The number of aliphatic hydroxyl groups excluding tert-OH is 1. The third-order valence-corrected chi connectivity index (χ3v) is 7.44. The van der Waals surface area contributed by atoms with E-state index in [1.165, 1.54) is 29.9 Å². The van der Waals surface area contributed by atoms with Crippen LogP contribution in [0.15, 0.2) is 66.1 Å². The second-order valence-corrected chi connectivity index (χ2v) is 9.90. The number of allylic oxidation sites excluding steroid dienone is 1. The highest BCUT2D eigenvalue weighted by Crippen LogP contribution is 2.38. The minimum absolute atomic E-state index is 0.511. The van der Waals surface area contributed by atoms with Crippen LogP contribution in [0, 0.1) is 0 Å². The molecule has 5 heterocycles. The summed E-state index contributed by atoms with van der Waals surface area (Å²) >= 11 is 0. The number of amidine groups is 1. The van der Waals surface area contributed by atoms with Crippen molar-refractivity contribution in [1.29, 1.82) is 0 Å². The maximum Gasteiger partial charge on any atom is 0.553 e. The van der Waals surface area contributed by atoms with Crippen LogP contribution in [0.5, 0.6) is 0 Å². The maximum absolute atomic E-state index is 10.7. The van der Waals surface area contributed by atoms with Crippen LogP contribution in [0.25, 0.3) is 5.57 Å². The Morgan fingerprint density at radius 2 is 1.89 bits per heavy atom. The molecule has 1 radical (unpaired) electrons. The van der Waals surface area contributed by atoms with Gasteiger partial charge in [-0.2, -0.15) is 0 Å². The van der Waals surface area contributed by atoms with Gasteiger partial charge in [0.1, 0.15) is 11.5 Å². The fourth-order valence-corrected chi connectivity index (χ4v) is 5.48. The van der Waals surface area contributed by atoms with Gasteiger partial charge in [0.05, 0.1) is 24.9 Å². The Labute approximate surface area is 213 Å². The van der Waals surface area contributed by atoms with Crippen molar-refractivity contribution < 1.29 is 9.68 Å². The molecule has 0 saturated carbocycles. The maximum atomic E-state index is 10.7. The third kappa shape index (κ3) is 4.02. The molecular weight excluding hydrogens is 449 g/mol. The number of nitrogens with zero attached hydrogens (tertiary/aromatic N) is 4. The standard InChI is InChI=1S/C27H33BN7O/c1-2-3-4-7-24(36)21-18-33(31-30-21)26-15-13-23-27(19-8-10-20(29)11-9-19)22-12-14-25(32-16-5-6-17-32)34(22)28-35(23)26/h8-15,18,24,29-31,36H,2-7,16-17H2,1H3/p+1. The van der Waals surface area contributed by atoms with E-state index in [4.69, 9.17) is 5.73 Å². The number of aliphatic hydroxyl groups is 1. The molecule has 1 aromatic heterocycles. The van der Waals surface area contributed by atoms with Gasteiger partial charge in [-0.1, -0.05) is 38.3 Å². The van der Waals surface area contributed by atoms with Gasteiger partial charge in [-0.25, -0.2) is 5.01 Å². The van der Waals surface area contributed by atoms with Gasteiger partial charge in [0.2, 0.25) is 0 Å². The average Bonchev–Trinajstić information content (AvgIpc) is 3.69. The summed E-state index contributed by atoms with van der Waals surface area (Å²) in [5.74, 6) is 2.18. The predicted octanol–water partition coefficient (Wildman–Crippen LogP) is 2.91. The smallest absolute Gasteiger partial charge is 0.399 e. The Bertz CT molecular complexity index is 1270. The van der Waals surface area contributed by atoms with E-state index in [1.54, 1.807) is 0 Å². The molecule has 9 heteroatoms. The average molecular weight is 483 g/mol. The van der Waals surface area contributed by atoms with Crippen LogP contribution in [0.2, 0.25) is 0 Å². The molecule has 6 rings (SSSR count). The summed E-state index contributed by atoms with van der Waals surface area (Å²) in [5.41, 5.74) is 18.5. The topological polar surface area (TPSA) is 84.7 Å². The molecule has 185 valence electrons. The van der Waals surface area contributed by atoms with Crippen LogP contribution in [-0.2, 0) is 0 Å². The van der Waals surface area contributed by atoms with E-state index in [9.17, 15) is 5.11 Å². The summed E-state index contributed by atoms with van der Waals surface area (Å²) in [6.07, 6.45) is 12.4. The minimum atomic E-state index is -0.511. The summed E-state index contributed by atoms with van der Waals surface area (Å²) in [4.78, 5) is 2.31. The number of nitrogens with one attached hydrogen (secondary N) is 2. The molecule has 1 atom stereocenters. The quantitative estimate of drug-likeness (QED) is 0.210. The van der Waals surface area contributed by atoms with Crippen molar-refractivity contribution in [2.24, 2.45) is 0 Å². The summed E-state index contributed by atoms with van der Waals surface area (Å²) in [6, 6.07) is 12.4. The SMILES string of the molecule is CCCCCC(O)C1=CN(c2ccc3n2[B]N2C(=C3c3ccc(N)cc3)C=CC2=[N+]2CCCC2)NN1. The number of hydrogen-bond acceptors (Lipinski definition) is 5. The Kier molecular flexibility index (Phi) is 6.11. The van der Waals surface area contributed by atoms with E-state index in [1.807, 2.05) is 23.3 Å². The van der Waals surface area contributed by atoms with E-state index in [2.05, 4.69) is 75.7 Å². The molecule has 5 N–H and O–H groups in total. The van der Waals surface area contributed by atoms with Crippen molar-refractivity contribution in [3.8, 4) is 0 Å². The number of anilines is 2. The number of nitrogens with two attached hydrogens (primary N) is 1. The lowest BCUT2D eigenvalue weighted by atomic mass is 9.91. The molecule has 4 aliphatic heterocycles. The summed E-state index contributed by atoms with van der Waals surface area (Å²) in [6.45, 7) is 4.34. The summed E-state index contributed by atoms with van der Waals surface area (Å²) in [5, 5.41) is 12.6. The van der Waals surface area contributed by atoms with Crippen molar-refractivity contribution in [2.75, 3.05) is 23.8 Å². The van der Waals surface area contributed by atoms with Crippen LogP contribution in [0.4, 0.5) is 11.5 Å². The Balaban J connectivity index is 1.38. The Hall–Kier alpha value is -3.43. The van der Waals surface area contributed by atoms with E-state index in [0.717, 1.165) is 67.2 Å². The van der Waals surface area contributed by atoms with Crippen LogP contribution >= 0.6 is 0 Å². The monoisotopic (exact) mass is 483 g/mol. The van der Waals surface area contributed by atoms with Crippen molar-refractivity contribution in [3.63, 3.8) is 0 Å². The molecular formula is C27H34BN7O+. The van der Waals surface area contributed by atoms with Crippen molar-refractivity contribution in [3.05, 3.63) is 77.4 Å². The molecule has 4 aliphatic rings. The van der Waals surface area contributed by atoms with Crippen LogP contribution in [0.3, 0.4) is 0 Å². The molecule has 8 nitrogen and oxygen atoms in total. The molecule has 1 fully saturated rings. The van der Waals surface area contributed by atoms with Gasteiger partial charge in [0.25, 0.3) is 5.84 Å². The second kappa shape index (κ2) is 9.56. The first-order valence-corrected chi connectivity index (χ1v) is 13.1. The highest BCUT2D eigenvalue weighted by molar-refractivity contribution is 6.41. The molecule has 1 saturated heterocycles. The van der Waals surface area contributed by atoms with Crippen molar-refractivity contribution in [2.45, 2.75) is 51.6 Å². The molecule has 0 bridgehead atoms. The normalized spacial score (nSPS) is 19.4. The number of fused-ring (bicyclic) bond motifs is 2. The van der Waals surface area contributed by atoms with Crippen molar-refractivity contribution in [1.82, 2.24) is 20.2 Å². The molecule has 0 aliphatic carbocycles. The van der Waals surface area contributed by atoms with Gasteiger partial charge >= 0.3 is 7.55 Å². The number of hydrogen-bond donors (Lipinski definition) is 4. The number of benzene rings is 1. The molecule has 2 aromatic rings. The molecule has 1 unspecified atom stereocenters. The highest BCUT2D eigenvalue weighted by atomic mass is 16.3. The lowest BCUT2D eigenvalue weighted by Crippen LogP contribution is -2.44. The predicted molar refractivity (Wildman–Crippen MR) is 145 cm³/mol. The zero-order chi connectivity index (χ0) is 24.6. The van der Waals surface area contributed by atoms with Gasteiger partial charge < -0.3 is 20.7 Å². The number of unbranched alkanes of at least 4 members (excludes halogenated alkanes) is 2. The van der Waals surface area contributed by atoms with E-state index >= 15 is 0 Å². The molecule has 36 heavy (non-hydrogen) atoms. The second-order valence-electron chi connectivity index (χ2n) is 9.90. The third-order valence-electron chi connectivity index (χ3n) is 7.44. The Morgan fingerprint density at radius 3 is 2.67 bits per heavy atom. The van der Waals surface area contributed by atoms with Crippen LogP contribution in [-0.4, -0.2) is 51.5 Å². The first-order valence-electron chi connectivity index (χ1n) is 13.1. The number of hydrazine groups is 2. The van der Waals surface area contributed by atoms with E-state index < -0.39 is 6.10 Å². The van der Waals surface area contributed by atoms with Gasteiger partial charge in [-0.15, -0.1) is 5.53 Å². The minimum Gasteiger partial charge on any atom is -0.399 e. The molecule has 1 aromatic carbocycles. The van der Waals surface area contributed by atoms with Crippen molar-refractivity contribution >= 4 is 30.5 Å². The van der Waals surface area contributed by atoms with Gasteiger partial charge in [0.15, 0.2) is 0 Å². The van der Waals surface area contributed by atoms with Gasteiger partial charge in [-0.3, -0.25) is 9.39 Å². The van der Waals surface area contributed by atoms with E-state index in [-0.39, 0.29) is 0 Å². The molecule has 0 spiro atoms. The number of nitrogen functional groups attached to an aromatic ring is 1. The number of rotatable bonds is 7.